The van der Waals surface area contributed by atoms with Crippen LogP contribution in [0.3, 0.4) is 0 Å². The molecule has 1 fully saturated rings. The van der Waals surface area contributed by atoms with Gasteiger partial charge in [-0.2, -0.15) is 0 Å². The summed E-state index contributed by atoms with van der Waals surface area (Å²) in [6, 6.07) is 0. The van der Waals surface area contributed by atoms with E-state index in [0.29, 0.717) is 11.2 Å². The summed E-state index contributed by atoms with van der Waals surface area (Å²) in [4.78, 5) is 10.9. The second-order valence-electron chi connectivity index (χ2n) is 4.01. The van der Waals surface area contributed by atoms with Gasteiger partial charge in [0.25, 0.3) is 0 Å². The van der Waals surface area contributed by atoms with Gasteiger partial charge in [-0.05, 0) is 44.1 Å². The standard InChI is InChI=1S/C11H16O/c1-4-9(2)7-11(5-6-11)8-10(3)12/h1,5-8H2,2-3H3. The molecule has 0 aromatic rings. The first kappa shape index (κ1) is 9.28. The second kappa shape index (κ2) is 3.28. The Bertz CT molecular complexity index is 240. The summed E-state index contributed by atoms with van der Waals surface area (Å²) < 4.78 is 0. The lowest BCUT2D eigenvalue weighted by Gasteiger charge is -2.11. The van der Waals surface area contributed by atoms with E-state index in [-0.39, 0.29) is 0 Å². The van der Waals surface area contributed by atoms with Gasteiger partial charge in [-0.25, -0.2) is 0 Å². The first-order chi connectivity index (χ1) is 5.58. The third-order valence-electron chi connectivity index (χ3n) is 2.52. The van der Waals surface area contributed by atoms with Crippen molar-refractivity contribution in [2.45, 2.75) is 39.5 Å². The van der Waals surface area contributed by atoms with Crippen LogP contribution in [0.5, 0.6) is 0 Å². The lowest BCUT2D eigenvalue weighted by molar-refractivity contribution is -0.118. The Balaban J connectivity index is 2.50. The molecule has 1 heteroatoms. The van der Waals surface area contributed by atoms with Gasteiger partial charge < -0.3 is 4.79 Å². The van der Waals surface area contributed by atoms with Gasteiger partial charge in [0, 0.05) is 6.42 Å². The molecule has 0 aromatic heterocycles. The number of carbonyl (C=O) groups excluding carboxylic acids is 1. The summed E-state index contributed by atoms with van der Waals surface area (Å²) in [5.74, 6) is 0.310. The minimum Gasteiger partial charge on any atom is -0.300 e. The van der Waals surface area contributed by atoms with Crippen LogP contribution in [0.4, 0.5) is 0 Å². The molecule has 0 aliphatic heterocycles. The molecule has 1 saturated carbocycles. The van der Waals surface area contributed by atoms with E-state index < -0.39 is 0 Å². The molecule has 1 aliphatic carbocycles. The van der Waals surface area contributed by atoms with Crippen LogP contribution < -0.4 is 0 Å². The Morgan fingerprint density at radius 1 is 1.42 bits per heavy atom. The quantitative estimate of drug-likeness (QED) is 0.584. The first-order valence-corrected chi connectivity index (χ1v) is 4.43. The fraction of sp³-hybridized carbons (Fsp3) is 0.636. The third-order valence-corrected chi connectivity index (χ3v) is 2.52. The molecule has 1 aliphatic rings. The van der Waals surface area contributed by atoms with Crippen molar-refractivity contribution in [1.29, 1.82) is 0 Å². The van der Waals surface area contributed by atoms with Gasteiger partial charge in [0.15, 0.2) is 0 Å². The maximum Gasteiger partial charge on any atom is 0.130 e. The molecule has 0 unspecified atom stereocenters. The highest BCUT2D eigenvalue weighted by Crippen LogP contribution is 2.53. The number of rotatable bonds is 4. The van der Waals surface area contributed by atoms with Gasteiger partial charge >= 0.3 is 0 Å². The van der Waals surface area contributed by atoms with E-state index in [4.69, 9.17) is 0 Å². The van der Waals surface area contributed by atoms with E-state index in [1.54, 1.807) is 6.92 Å². The summed E-state index contributed by atoms with van der Waals surface area (Å²) in [7, 11) is 0. The molecule has 0 radical (unpaired) electrons. The molecule has 0 heterocycles. The zero-order chi connectivity index (χ0) is 9.19. The summed E-state index contributed by atoms with van der Waals surface area (Å²) in [5.41, 5.74) is 4.38. The molecule has 0 spiro atoms. The van der Waals surface area contributed by atoms with Crippen molar-refractivity contribution < 1.29 is 4.79 Å². The number of hydrogen-bond donors (Lipinski definition) is 0. The monoisotopic (exact) mass is 164 g/mol. The summed E-state index contributed by atoms with van der Waals surface area (Å²) in [5, 5.41) is 0. The van der Waals surface area contributed by atoms with E-state index >= 15 is 0 Å². The van der Waals surface area contributed by atoms with Crippen LogP contribution in [-0.2, 0) is 4.79 Å². The molecule has 0 atom stereocenters. The molecular formula is C11H16O. The van der Waals surface area contributed by atoms with E-state index in [1.165, 1.54) is 18.4 Å². The van der Waals surface area contributed by atoms with Crippen LogP contribution in [0.2, 0.25) is 0 Å². The van der Waals surface area contributed by atoms with Gasteiger partial charge in [-0.1, -0.05) is 6.58 Å². The Kier molecular flexibility index (Phi) is 2.54. The smallest absolute Gasteiger partial charge is 0.130 e. The van der Waals surface area contributed by atoms with Gasteiger partial charge in [0.1, 0.15) is 5.78 Å². The lowest BCUT2D eigenvalue weighted by Crippen LogP contribution is -2.06. The van der Waals surface area contributed by atoms with Gasteiger partial charge in [0.2, 0.25) is 0 Å². The number of ketones is 1. The number of carbonyl (C=O) groups is 1. The molecule has 1 nitrogen and oxygen atoms in total. The Morgan fingerprint density at radius 3 is 2.33 bits per heavy atom. The summed E-state index contributed by atoms with van der Waals surface area (Å²) in [6.45, 7) is 7.31. The zero-order valence-corrected chi connectivity index (χ0v) is 7.94. The van der Waals surface area contributed by atoms with Crippen molar-refractivity contribution in [3.05, 3.63) is 17.9 Å². The maximum atomic E-state index is 10.9. The fourth-order valence-corrected chi connectivity index (χ4v) is 1.75. The molecular weight excluding hydrogens is 148 g/mol. The minimum absolute atomic E-state index is 0.306. The molecule has 0 saturated heterocycles. The predicted octanol–water partition coefficient (Wildman–Crippen LogP) is 2.87. The lowest BCUT2D eigenvalue weighted by atomic mass is 9.92. The normalized spacial score (nSPS) is 18.2. The Labute approximate surface area is 74.2 Å². The van der Waals surface area contributed by atoms with Gasteiger partial charge in [-0.15, -0.1) is 5.73 Å². The van der Waals surface area contributed by atoms with Crippen LogP contribution in [0, 0.1) is 5.41 Å². The topological polar surface area (TPSA) is 17.1 Å². The highest BCUT2D eigenvalue weighted by atomic mass is 16.1. The van der Waals surface area contributed by atoms with Crippen LogP contribution in [-0.4, -0.2) is 5.78 Å². The van der Waals surface area contributed by atoms with Gasteiger partial charge in [-0.3, -0.25) is 0 Å². The van der Waals surface area contributed by atoms with Crippen molar-refractivity contribution in [3.8, 4) is 0 Å². The molecule has 0 aromatic carbocycles. The maximum absolute atomic E-state index is 10.9. The van der Waals surface area contributed by atoms with Crippen molar-refractivity contribution in [1.82, 2.24) is 0 Å². The van der Waals surface area contributed by atoms with Crippen LogP contribution in [0.1, 0.15) is 39.5 Å². The second-order valence-corrected chi connectivity index (χ2v) is 4.01. The third kappa shape index (κ3) is 2.35. The highest BCUT2D eigenvalue weighted by molar-refractivity contribution is 5.76. The molecule has 1 rings (SSSR count). The average molecular weight is 164 g/mol. The zero-order valence-electron chi connectivity index (χ0n) is 7.94. The van der Waals surface area contributed by atoms with Crippen LogP contribution in [0.25, 0.3) is 0 Å². The van der Waals surface area contributed by atoms with Crippen molar-refractivity contribution >= 4 is 5.78 Å². The highest BCUT2D eigenvalue weighted by Gasteiger charge is 2.43. The number of hydrogen-bond acceptors (Lipinski definition) is 1. The largest absolute Gasteiger partial charge is 0.300 e. The van der Waals surface area contributed by atoms with Crippen LogP contribution in [0.15, 0.2) is 17.9 Å². The molecule has 66 valence electrons. The molecule has 0 amide bonds. The summed E-state index contributed by atoms with van der Waals surface area (Å²) >= 11 is 0. The predicted molar refractivity (Wildman–Crippen MR) is 49.9 cm³/mol. The fourth-order valence-electron chi connectivity index (χ4n) is 1.75. The average Bonchev–Trinajstić information content (AvgIpc) is 2.67. The first-order valence-electron chi connectivity index (χ1n) is 4.43. The van der Waals surface area contributed by atoms with Crippen molar-refractivity contribution in [3.63, 3.8) is 0 Å². The van der Waals surface area contributed by atoms with E-state index in [0.717, 1.165) is 12.8 Å². The Hall–Kier alpha value is -0.810. The molecule has 0 N–H and O–H groups in total. The van der Waals surface area contributed by atoms with Crippen LogP contribution >= 0.6 is 0 Å². The minimum atomic E-state index is 0.306. The van der Waals surface area contributed by atoms with E-state index in [9.17, 15) is 4.79 Å². The summed E-state index contributed by atoms with van der Waals surface area (Å²) in [6.07, 6.45) is 4.15. The van der Waals surface area contributed by atoms with Crippen molar-refractivity contribution in [2.24, 2.45) is 5.41 Å². The number of Topliss-reactive ketones (excluding diaryl/α,β-unsaturated/α-hetero) is 1. The van der Waals surface area contributed by atoms with Crippen molar-refractivity contribution in [2.75, 3.05) is 0 Å². The van der Waals surface area contributed by atoms with Gasteiger partial charge in [0.05, 0.1) is 0 Å². The molecule has 12 heavy (non-hydrogen) atoms. The van der Waals surface area contributed by atoms with E-state index in [2.05, 4.69) is 12.3 Å². The molecule has 0 bridgehead atoms. The van der Waals surface area contributed by atoms with E-state index in [1.807, 2.05) is 6.92 Å². The number of allylic oxidation sites excluding steroid dienone is 1. The SMILES string of the molecule is C=C=C(C)CC1(CC(C)=O)CC1. The Morgan fingerprint density at radius 2 is 2.00 bits per heavy atom.